The number of nitrogens with zero attached hydrogens (tertiary/aromatic N) is 1. The number of rotatable bonds is 4. The van der Waals surface area contributed by atoms with Gasteiger partial charge in [-0.3, -0.25) is 0 Å². The molecule has 1 rings (SSSR count). The summed E-state index contributed by atoms with van der Waals surface area (Å²) >= 11 is 3.38. The van der Waals surface area contributed by atoms with Crippen LogP contribution in [0.4, 0.5) is 5.69 Å². The highest BCUT2D eigenvalue weighted by atomic mass is 79.9. The van der Waals surface area contributed by atoms with E-state index >= 15 is 0 Å². The van der Waals surface area contributed by atoms with Crippen molar-refractivity contribution in [2.45, 2.75) is 32.7 Å². The third kappa shape index (κ3) is 3.24. The van der Waals surface area contributed by atoms with Crippen molar-refractivity contribution in [1.29, 1.82) is 5.26 Å². The van der Waals surface area contributed by atoms with Crippen LogP contribution < -0.4 is 5.32 Å². The molecule has 0 radical (unpaired) electrons. The van der Waals surface area contributed by atoms with E-state index in [-0.39, 0.29) is 0 Å². The predicted molar refractivity (Wildman–Crippen MR) is 66.8 cm³/mol. The second-order valence-electron chi connectivity index (χ2n) is 3.46. The van der Waals surface area contributed by atoms with Gasteiger partial charge in [-0.2, -0.15) is 5.26 Å². The Kier molecular flexibility index (Phi) is 4.64. The summed E-state index contributed by atoms with van der Waals surface area (Å²) in [7, 11) is 0. The van der Waals surface area contributed by atoms with Crippen LogP contribution >= 0.6 is 15.9 Å². The zero-order valence-electron chi connectivity index (χ0n) is 9.05. The third-order valence-electron chi connectivity index (χ3n) is 2.45. The van der Waals surface area contributed by atoms with E-state index in [1.54, 1.807) is 0 Å². The van der Waals surface area contributed by atoms with E-state index in [0.29, 0.717) is 11.6 Å². The van der Waals surface area contributed by atoms with Crippen LogP contribution in [-0.4, -0.2) is 6.04 Å². The standard InChI is InChI=1S/C12H15BrN2/c1-3-10(4-2)15-11-6-5-9(8-14)12(13)7-11/h5-7,10,15H,3-4H2,1-2H3. The summed E-state index contributed by atoms with van der Waals surface area (Å²) in [5, 5.41) is 12.2. The zero-order valence-corrected chi connectivity index (χ0v) is 10.6. The number of halogens is 1. The molecule has 0 saturated carbocycles. The van der Waals surface area contributed by atoms with Gasteiger partial charge in [0.2, 0.25) is 0 Å². The average Bonchev–Trinajstić information content (AvgIpc) is 2.26. The monoisotopic (exact) mass is 266 g/mol. The van der Waals surface area contributed by atoms with Crippen LogP contribution in [0, 0.1) is 11.3 Å². The Morgan fingerprint density at radius 3 is 2.53 bits per heavy atom. The smallest absolute Gasteiger partial charge is 0.100 e. The van der Waals surface area contributed by atoms with E-state index in [1.165, 1.54) is 0 Å². The second-order valence-corrected chi connectivity index (χ2v) is 4.32. The third-order valence-corrected chi connectivity index (χ3v) is 3.10. The molecule has 0 amide bonds. The van der Waals surface area contributed by atoms with E-state index in [9.17, 15) is 0 Å². The quantitative estimate of drug-likeness (QED) is 0.897. The summed E-state index contributed by atoms with van der Waals surface area (Å²) in [4.78, 5) is 0. The summed E-state index contributed by atoms with van der Waals surface area (Å²) in [6.45, 7) is 4.33. The molecule has 1 aromatic carbocycles. The van der Waals surface area contributed by atoms with Crippen molar-refractivity contribution in [2.75, 3.05) is 5.32 Å². The van der Waals surface area contributed by atoms with Gasteiger partial charge in [-0.05, 0) is 47.0 Å². The summed E-state index contributed by atoms with van der Waals surface area (Å²) in [5.74, 6) is 0. The summed E-state index contributed by atoms with van der Waals surface area (Å²) in [6, 6.07) is 8.36. The number of benzene rings is 1. The van der Waals surface area contributed by atoms with Gasteiger partial charge in [-0.15, -0.1) is 0 Å². The van der Waals surface area contributed by atoms with Gasteiger partial charge < -0.3 is 5.32 Å². The topological polar surface area (TPSA) is 35.8 Å². The molecule has 15 heavy (non-hydrogen) atoms. The maximum atomic E-state index is 8.78. The van der Waals surface area contributed by atoms with Crippen LogP contribution in [0.5, 0.6) is 0 Å². The molecule has 1 N–H and O–H groups in total. The Hall–Kier alpha value is -1.01. The molecule has 3 heteroatoms. The van der Waals surface area contributed by atoms with E-state index in [0.717, 1.165) is 23.0 Å². The van der Waals surface area contributed by atoms with Crippen molar-refractivity contribution in [3.63, 3.8) is 0 Å². The second kappa shape index (κ2) is 5.77. The molecular weight excluding hydrogens is 252 g/mol. The van der Waals surface area contributed by atoms with Crippen molar-refractivity contribution in [3.05, 3.63) is 28.2 Å². The normalized spacial score (nSPS) is 10.1. The first-order chi connectivity index (χ1) is 7.21. The van der Waals surface area contributed by atoms with Crippen LogP contribution in [0.25, 0.3) is 0 Å². The number of anilines is 1. The lowest BCUT2D eigenvalue weighted by Gasteiger charge is -2.16. The van der Waals surface area contributed by atoms with Crippen molar-refractivity contribution < 1.29 is 0 Å². The van der Waals surface area contributed by atoms with E-state index in [2.05, 4.69) is 41.2 Å². The molecule has 0 aliphatic carbocycles. The van der Waals surface area contributed by atoms with Gasteiger partial charge >= 0.3 is 0 Å². The molecule has 0 aliphatic rings. The molecule has 0 aromatic heterocycles. The van der Waals surface area contributed by atoms with Crippen LogP contribution in [0.1, 0.15) is 32.3 Å². The van der Waals surface area contributed by atoms with Crippen molar-refractivity contribution in [3.8, 4) is 6.07 Å². The van der Waals surface area contributed by atoms with Crippen molar-refractivity contribution in [1.82, 2.24) is 0 Å². The lowest BCUT2D eigenvalue weighted by atomic mass is 10.1. The molecule has 0 bridgehead atoms. The summed E-state index contributed by atoms with van der Waals surface area (Å²) in [5.41, 5.74) is 1.74. The molecule has 0 spiro atoms. The van der Waals surface area contributed by atoms with Gasteiger partial charge in [-0.1, -0.05) is 13.8 Å². The fourth-order valence-electron chi connectivity index (χ4n) is 1.42. The summed E-state index contributed by atoms with van der Waals surface area (Å²) in [6.07, 6.45) is 2.21. The molecule has 0 aliphatic heterocycles. The fourth-order valence-corrected chi connectivity index (χ4v) is 1.89. The Bertz CT molecular complexity index is 364. The van der Waals surface area contributed by atoms with E-state index in [1.807, 2.05) is 18.2 Å². The van der Waals surface area contributed by atoms with Crippen molar-refractivity contribution in [2.24, 2.45) is 0 Å². The van der Waals surface area contributed by atoms with E-state index < -0.39 is 0 Å². The Balaban J connectivity index is 2.80. The highest BCUT2D eigenvalue weighted by molar-refractivity contribution is 9.10. The highest BCUT2D eigenvalue weighted by Crippen LogP contribution is 2.22. The van der Waals surface area contributed by atoms with Crippen LogP contribution in [0.2, 0.25) is 0 Å². The average molecular weight is 267 g/mol. The number of hydrogen-bond donors (Lipinski definition) is 1. The molecule has 0 atom stereocenters. The molecule has 0 saturated heterocycles. The van der Waals surface area contributed by atoms with Crippen LogP contribution in [0.3, 0.4) is 0 Å². The Morgan fingerprint density at radius 2 is 2.07 bits per heavy atom. The number of nitriles is 1. The molecule has 2 nitrogen and oxygen atoms in total. The maximum Gasteiger partial charge on any atom is 0.100 e. The fraction of sp³-hybridized carbons (Fsp3) is 0.417. The number of hydrogen-bond acceptors (Lipinski definition) is 2. The van der Waals surface area contributed by atoms with E-state index in [4.69, 9.17) is 5.26 Å². The minimum absolute atomic E-state index is 0.504. The van der Waals surface area contributed by atoms with Crippen LogP contribution in [-0.2, 0) is 0 Å². The summed E-state index contributed by atoms with van der Waals surface area (Å²) < 4.78 is 0.848. The van der Waals surface area contributed by atoms with Gasteiger partial charge in [0, 0.05) is 16.2 Å². The molecule has 0 unspecified atom stereocenters. The predicted octanol–water partition coefficient (Wildman–Crippen LogP) is 3.92. The molecule has 0 fully saturated rings. The van der Waals surface area contributed by atoms with Gasteiger partial charge in [0.15, 0.2) is 0 Å². The van der Waals surface area contributed by atoms with Gasteiger partial charge in [0.1, 0.15) is 6.07 Å². The lowest BCUT2D eigenvalue weighted by molar-refractivity contribution is 0.672. The Labute approximate surface area is 99.4 Å². The zero-order chi connectivity index (χ0) is 11.3. The highest BCUT2D eigenvalue weighted by Gasteiger charge is 2.04. The first kappa shape index (κ1) is 12.1. The van der Waals surface area contributed by atoms with Gasteiger partial charge in [-0.25, -0.2) is 0 Å². The largest absolute Gasteiger partial charge is 0.382 e. The molecular formula is C12H15BrN2. The Morgan fingerprint density at radius 1 is 1.40 bits per heavy atom. The van der Waals surface area contributed by atoms with Gasteiger partial charge in [0.25, 0.3) is 0 Å². The SMILES string of the molecule is CCC(CC)Nc1ccc(C#N)c(Br)c1. The van der Waals surface area contributed by atoms with Crippen LogP contribution in [0.15, 0.2) is 22.7 Å². The maximum absolute atomic E-state index is 8.78. The molecule has 0 heterocycles. The minimum atomic E-state index is 0.504. The molecule has 80 valence electrons. The number of nitrogens with one attached hydrogen (secondary N) is 1. The lowest BCUT2D eigenvalue weighted by Crippen LogP contribution is -2.16. The first-order valence-electron chi connectivity index (χ1n) is 5.17. The minimum Gasteiger partial charge on any atom is -0.382 e. The van der Waals surface area contributed by atoms with Crippen molar-refractivity contribution >= 4 is 21.6 Å². The molecule has 1 aromatic rings. The van der Waals surface area contributed by atoms with Gasteiger partial charge in [0.05, 0.1) is 5.56 Å². The first-order valence-corrected chi connectivity index (χ1v) is 5.96.